The van der Waals surface area contributed by atoms with Crippen LogP contribution in [0, 0.1) is 18.6 Å². The van der Waals surface area contributed by atoms with Gasteiger partial charge in [-0.1, -0.05) is 13.0 Å². The van der Waals surface area contributed by atoms with Crippen molar-refractivity contribution in [1.29, 1.82) is 0 Å². The monoisotopic (exact) mass is 250 g/mol. The van der Waals surface area contributed by atoms with Crippen molar-refractivity contribution in [3.63, 3.8) is 0 Å². The molecule has 1 aromatic heterocycles. The van der Waals surface area contributed by atoms with E-state index < -0.39 is 11.6 Å². The molecule has 0 aliphatic rings. The van der Waals surface area contributed by atoms with Gasteiger partial charge in [-0.25, -0.2) is 13.8 Å². The molecule has 2 aromatic rings. The van der Waals surface area contributed by atoms with Crippen molar-refractivity contribution < 1.29 is 8.78 Å². The Balaban J connectivity index is 2.66. The van der Waals surface area contributed by atoms with Gasteiger partial charge in [0.15, 0.2) is 11.6 Å². The van der Waals surface area contributed by atoms with E-state index in [-0.39, 0.29) is 22.4 Å². The highest BCUT2D eigenvalue weighted by Crippen LogP contribution is 2.23. The molecule has 1 heterocycles. The number of nitrogens with one attached hydrogen (secondary N) is 1. The lowest BCUT2D eigenvalue weighted by atomic mass is 10.1. The van der Waals surface area contributed by atoms with Crippen molar-refractivity contribution in [2.75, 3.05) is 0 Å². The molecule has 0 fully saturated rings. The van der Waals surface area contributed by atoms with Gasteiger partial charge in [-0.3, -0.25) is 4.79 Å². The first-order chi connectivity index (χ1) is 8.52. The van der Waals surface area contributed by atoms with Gasteiger partial charge in [0.1, 0.15) is 5.82 Å². The molecule has 0 amide bonds. The normalized spacial score (nSPS) is 10.7. The zero-order valence-electron chi connectivity index (χ0n) is 10.1. The van der Waals surface area contributed by atoms with E-state index in [1.807, 2.05) is 6.92 Å². The van der Waals surface area contributed by atoms with Crippen LogP contribution in [0.15, 0.2) is 23.0 Å². The topological polar surface area (TPSA) is 45.8 Å². The minimum Gasteiger partial charge on any atom is -0.311 e. The molecule has 0 atom stereocenters. The van der Waals surface area contributed by atoms with Gasteiger partial charge in [-0.15, -0.1) is 0 Å². The predicted molar refractivity (Wildman–Crippen MR) is 64.3 cm³/mol. The highest BCUT2D eigenvalue weighted by Gasteiger charge is 2.14. The molecular weight excluding hydrogens is 238 g/mol. The first-order valence-electron chi connectivity index (χ1n) is 5.58. The fraction of sp³-hybridized carbons (Fsp3) is 0.231. The average molecular weight is 250 g/mol. The van der Waals surface area contributed by atoms with E-state index in [4.69, 9.17) is 0 Å². The van der Waals surface area contributed by atoms with Gasteiger partial charge < -0.3 is 4.98 Å². The number of hydrogen-bond acceptors (Lipinski definition) is 2. The Morgan fingerprint density at radius 1 is 1.28 bits per heavy atom. The van der Waals surface area contributed by atoms with Gasteiger partial charge in [-0.05, 0) is 18.6 Å². The van der Waals surface area contributed by atoms with Crippen LogP contribution in [0.5, 0.6) is 0 Å². The molecule has 0 radical (unpaired) electrons. The lowest BCUT2D eigenvalue weighted by molar-refractivity contribution is 0.505. The summed E-state index contributed by atoms with van der Waals surface area (Å²) in [6, 6.07) is 4.05. The third-order valence-electron chi connectivity index (χ3n) is 2.68. The largest absolute Gasteiger partial charge is 0.311 e. The second-order valence-corrected chi connectivity index (χ2v) is 3.99. The summed E-state index contributed by atoms with van der Waals surface area (Å²) in [6.07, 6.45) is 0.513. The van der Waals surface area contributed by atoms with Crippen LogP contribution in [0.4, 0.5) is 8.78 Å². The van der Waals surface area contributed by atoms with E-state index in [0.29, 0.717) is 12.2 Å². The smallest absolute Gasteiger partial charge is 0.251 e. The SMILES string of the molecule is CCc1nc(-c2ccc(C)c(F)c2F)cc(=O)[nH]1. The lowest BCUT2D eigenvalue weighted by Gasteiger charge is -2.06. The lowest BCUT2D eigenvalue weighted by Crippen LogP contribution is -2.11. The minimum absolute atomic E-state index is 0.00102. The number of aromatic amines is 1. The maximum atomic E-state index is 13.8. The second-order valence-electron chi connectivity index (χ2n) is 3.99. The molecule has 1 aromatic carbocycles. The van der Waals surface area contributed by atoms with Crippen LogP contribution in [0.3, 0.4) is 0 Å². The van der Waals surface area contributed by atoms with Gasteiger partial charge in [-0.2, -0.15) is 0 Å². The van der Waals surface area contributed by atoms with Crippen molar-refractivity contribution in [2.45, 2.75) is 20.3 Å². The van der Waals surface area contributed by atoms with Crippen LogP contribution in [0.25, 0.3) is 11.3 Å². The molecule has 0 saturated carbocycles. The molecule has 0 aliphatic carbocycles. The van der Waals surface area contributed by atoms with Crippen molar-refractivity contribution in [1.82, 2.24) is 9.97 Å². The number of hydrogen-bond donors (Lipinski definition) is 1. The summed E-state index contributed by atoms with van der Waals surface area (Å²) >= 11 is 0. The van der Waals surface area contributed by atoms with Gasteiger partial charge in [0.05, 0.1) is 5.69 Å². The Kier molecular flexibility index (Phi) is 3.23. The predicted octanol–water partition coefficient (Wildman–Crippen LogP) is 2.59. The number of rotatable bonds is 2. The maximum absolute atomic E-state index is 13.8. The summed E-state index contributed by atoms with van der Waals surface area (Å²) in [4.78, 5) is 18.0. The number of H-pyrrole nitrogens is 1. The molecule has 94 valence electrons. The quantitative estimate of drug-likeness (QED) is 0.890. The molecular formula is C13H12F2N2O. The van der Waals surface area contributed by atoms with E-state index >= 15 is 0 Å². The molecule has 3 nitrogen and oxygen atoms in total. The van der Waals surface area contributed by atoms with Gasteiger partial charge in [0.25, 0.3) is 5.56 Å². The molecule has 2 rings (SSSR count). The van der Waals surface area contributed by atoms with Crippen molar-refractivity contribution >= 4 is 0 Å². The molecule has 0 unspecified atom stereocenters. The summed E-state index contributed by atoms with van der Waals surface area (Å²) < 4.78 is 27.3. The first kappa shape index (κ1) is 12.4. The van der Waals surface area contributed by atoms with Crippen LogP contribution in [0.1, 0.15) is 18.3 Å². The standard InChI is InChI=1S/C13H12F2N2O/c1-3-10-16-9(6-11(18)17-10)8-5-4-7(2)12(14)13(8)15/h4-6H,3H2,1-2H3,(H,16,17,18). The Morgan fingerprint density at radius 3 is 2.67 bits per heavy atom. The van der Waals surface area contributed by atoms with E-state index in [9.17, 15) is 13.6 Å². The molecule has 1 N–H and O–H groups in total. The highest BCUT2D eigenvalue weighted by atomic mass is 19.2. The Labute approximate surface area is 103 Å². The maximum Gasteiger partial charge on any atom is 0.251 e. The number of nitrogens with zero attached hydrogens (tertiary/aromatic N) is 1. The Bertz CT molecular complexity index is 650. The molecule has 0 aliphatic heterocycles. The van der Waals surface area contributed by atoms with Gasteiger partial charge in [0.2, 0.25) is 0 Å². The third-order valence-corrected chi connectivity index (χ3v) is 2.68. The summed E-state index contributed by atoms with van der Waals surface area (Å²) in [5, 5.41) is 0. The Morgan fingerprint density at radius 2 is 2.00 bits per heavy atom. The number of benzene rings is 1. The van der Waals surface area contributed by atoms with Gasteiger partial charge in [0, 0.05) is 18.1 Å². The van der Waals surface area contributed by atoms with E-state index in [0.717, 1.165) is 6.07 Å². The van der Waals surface area contributed by atoms with E-state index in [1.165, 1.54) is 19.1 Å². The third kappa shape index (κ3) is 2.16. The first-order valence-corrected chi connectivity index (χ1v) is 5.58. The molecule has 0 saturated heterocycles. The Hall–Kier alpha value is -2.04. The minimum atomic E-state index is -0.977. The van der Waals surface area contributed by atoms with E-state index in [2.05, 4.69) is 9.97 Å². The van der Waals surface area contributed by atoms with Crippen molar-refractivity contribution in [3.05, 3.63) is 51.6 Å². The zero-order valence-corrected chi connectivity index (χ0v) is 10.1. The molecule has 5 heteroatoms. The zero-order chi connectivity index (χ0) is 13.3. The van der Waals surface area contributed by atoms with Crippen LogP contribution in [-0.2, 0) is 6.42 Å². The van der Waals surface area contributed by atoms with Crippen molar-refractivity contribution in [3.8, 4) is 11.3 Å². The highest BCUT2D eigenvalue weighted by molar-refractivity contribution is 5.60. The van der Waals surface area contributed by atoms with Crippen LogP contribution in [0.2, 0.25) is 0 Å². The molecule has 0 spiro atoms. The average Bonchev–Trinajstić information content (AvgIpc) is 2.35. The van der Waals surface area contributed by atoms with Crippen LogP contribution < -0.4 is 5.56 Å². The number of aromatic nitrogens is 2. The van der Waals surface area contributed by atoms with Crippen molar-refractivity contribution in [2.24, 2.45) is 0 Å². The summed E-state index contributed by atoms with van der Waals surface area (Å²) in [6.45, 7) is 3.29. The fourth-order valence-electron chi connectivity index (χ4n) is 1.66. The number of aryl methyl sites for hydroxylation is 2. The molecule has 0 bridgehead atoms. The summed E-state index contributed by atoms with van der Waals surface area (Å²) in [5.74, 6) is -1.44. The second kappa shape index (κ2) is 4.68. The van der Waals surface area contributed by atoms with E-state index in [1.54, 1.807) is 0 Å². The fourth-order valence-corrected chi connectivity index (χ4v) is 1.66. The number of halogens is 2. The summed E-state index contributed by atoms with van der Waals surface area (Å²) in [7, 11) is 0. The van der Waals surface area contributed by atoms with Gasteiger partial charge >= 0.3 is 0 Å². The summed E-state index contributed by atoms with van der Waals surface area (Å²) in [5.41, 5.74) is -0.0139. The van der Waals surface area contributed by atoms with Crippen LogP contribution in [-0.4, -0.2) is 9.97 Å². The molecule has 18 heavy (non-hydrogen) atoms. The van der Waals surface area contributed by atoms with Crippen LogP contribution >= 0.6 is 0 Å².